The van der Waals surface area contributed by atoms with E-state index in [1.165, 1.54) is 17.4 Å². The highest BCUT2D eigenvalue weighted by Gasteiger charge is 2.17. The monoisotopic (exact) mass is 213 g/mol. The molecular formula is C8H7NO2S2. The largest absolute Gasteiger partial charge is 0.239 e. The van der Waals surface area contributed by atoms with Crippen LogP contribution in [-0.2, 0) is 10.0 Å². The molecule has 2 N–H and O–H groups in total. The summed E-state index contributed by atoms with van der Waals surface area (Å²) in [5, 5.41) is 6.88. The van der Waals surface area contributed by atoms with Gasteiger partial charge in [0.25, 0.3) is 0 Å². The van der Waals surface area contributed by atoms with E-state index in [0.717, 1.165) is 10.4 Å². The summed E-state index contributed by atoms with van der Waals surface area (Å²) in [5.41, 5.74) is 0.913. The molecule has 0 saturated carbocycles. The molecule has 0 fully saturated rings. The van der Waals surface area contributed by atoms with Gasteiger partial charge in [-0.2, -0.15) is 0 Å². The average molecular weight is 213 g/mol. The van der Waals surface area contributed by atoms with Crippen molar-refractivity contribution >= 4 is 21.4 Å². The van der Waals surface area contributed by atoms with Crippen LogP contribution in [0.25, 0.3) is 10.4 Å². The molecule has 0 unspecified atom stereocenters. The topological polar surface area (TPSA) is 60.2 Å². The second kappa shape index (κ2) is 2.80. The molecular weight excluding hydrogens is 206 g/mol. The quantitative estimate of drug-likeness (QED) is 0.780. The van der Waals surface area contributed by atoms with Crippen LogP contribution in [0.1, 0.15) is 0 Å². The summed E-state index contributed by atoms with van der Waals surface area (Å²) in [6.07, 6.45) is 0. The molecule has 1 aliphatic heterocycles. The van der Waals surface area contributed by atoms with E-state index < -0.39 is 10.0 Å². The van der Waals surface area contributed by atoms with Crippen molar-refractivity contribution in [3.05, 3.63) is 29.6 Å². The summed E-state index contributed by atoms with van der Waals surface area (Å²) < 4.78 is 22.2. The van der Waals surface area contributed by atoms with Crippen molar-refractivity contribution in [3.8, 4) is 10.4 Å². The van der Waals surface area contributed by atoms with E-state index in [0.29, 0.717) is 0 Å². The maximum Gasteiger partial charge on any atom is 0.239 e. The Labute approximate surface area is 80.2 Å². The molecule has 2 aliphatic rings. The highest BCUT2D eigenvalue weighted by molar-refractivity contribution is 7.89. The van der Waals surface area contributed by atoms with Gasteiger partial charge in [-0.1, -0.05) is 18.2 Å². The van der Waals surface area contributed by atoms with Crippen LogP contribution in [0.4, 0.5) is 0 Å². The molecule has 0 radical (unpaired) electrons. The van der Waals surface area contributed by atoms with Gasteiger partial charge in [-0.05, 0) is 17.0 Å². The zero-order valence-corrected chi connectivity index (χ0v) is 8.23. The van der Waals surface area contributed by atoms with Crippen LogP contribution in [0.15, 0.2) is 34.5 Å². The van der Waals surface area contributed by atoms with Crippen LogP contribution in [0.2, 0.25) is 0 Å². The Morgan fingerprint density at radius 3 is 2.69 bits per heavy atom. The predicted octanol–water partition coefficient (Wildman–Crippen LogP) is 1.50. The van der Waals surface area contributed by atoms with Gasteiger partial charge >= 0.3 is 0 Å². The van der Waals surface area contributed by atoms with Crippen molar-refractivity contribution in [1.82, 2.24) is 0 Å². The number of primary sulfonamides is 1. The smallest absolute Gasteiger partial charge is 0.225 e. The third-order valence-electron chi connectivity index (χ3n) is 1.75. The number of fused-ring (bicyclic) bond motifs is 1. The summed E-state index contributed by atoms with van der Waals surface area (Å²) in [6.45, 7) is 0. The number of rotatable bonds is 1. The van der Waals surface area contributed by atoms with Gasteiger partial charge in [0.2, 0.25) is 10.0 Å². The first-order valence-electron chi connectivity index (χ1n) is 3.58. The molecule has 0 saturated heterocycles. The lowest BCUT2D eigenvalue weighted by Gasteiger charge is -1.99. The van der Waals surface area contributed by atoms with Crippen LogP contribution in [0.5, 0.6) is 0 Å². The third-order valence-corrected chi connectivity index (χ3v) is 3.81. The molecule has 0 bridgehead atoms. The zero-order valence-electron chi connectivity index (χ0n) is 6.60. The highest BCUT2D eigenvalue weighted by atomic mass is 32.2. The van der Waals surface area contributed by atoms with Gasteiger partial charge in [-0.15, -0.1) is 11.3 Å². The first-order chi connectivity index (χ1) is 6.09. The number of hydrogen-bond donors (Lipinski definition) is 1. The maximum absolute atomic E-state index is 11.1. The van der Waals surface area contributed by atoms with Crippen LogP contribution in [-0.4, -0.2) is 8.42 Å². The Hall–Kier alpha value is -0.910. The van der Waals surface area contributed by atoms with Crippen molar-refractivity contribution in [1.29, 1.82) is 0 Å². The molecule has 0 aromatic rings. The minimum absolute atomic E-state index is 0.216. The van der Waals surface area contributed by atoms with Gasteiger partial charge in [-0.3, -0.25) is 0 Å². The molecule has 0 spiro atoms. The minimum atomic E-state index is -3.58. The molecule has 68 valence electrons. The number of sulfonamides is 1. The fraction of sp³-hybridized carbons (Fsp3) is 0. The minimum Gasteiger partial charge on any atom is -0.225 e. The Kier molecular flexibility index (Phi) is 1.87. The first kappa shape index (κ1) is 8.68. The van der Waals surface area contributed by atoms with E-state index in [4.69, 9.17) is 5.14 Å². The van der Waals surface area contributed by atoms with E-state index in [9.17, 15) is 8.42 Å². The van der Waals surface area contributed by atoms with Crippen molar-refractivity contribution in [3.63, 3.8) is 0 Å². The van der Waals surface area contributed by atoms with Crippen LogP contribution < -0.4 is 5.14 Å². The maximum atomic E-state index is 11.1. The molecule has 1 aliphatic carbocycles. The molecule has 0 amide bonds. The van der Waals surface area contributed by atoms with E-state index in [-0.39, 0.29) is 4.90 Å². The van der Waals surface area contributed by atoms with Crippen molar-refractivity contribution in [2.45, 2.75) is 4.90 Å². The summed E-state index contributed by atoms with van der Waals surface area (Å²) in [5.74, 6) is 0. The Balaban J connectivity index is 2.76. The van der Waals surface area contributed by atoms with E-state index >= 15 is 0 Å². The normalized spacial score (nSPS) is 12.1. The van der Waals surface area contributed by atoms with Gasteiger partial charge < -0.3 is 0 Å². The molecule has 0 atom stereocenters. The lowest BCUT2D eigenvalue weighted by molar-refractivity contribution is 0.598. The standard InChI is InChI=1S/C8H7NO2S2/c9-13(10,11)7-4-3-6-2-1-5-12-8(6)7/h1-5H,(H2,9,10,11). The van der Waals surface area contributed by atoms with Crippen molar-refractivity contribution < 1.29 is 8.42 Å². The van der Waals surface area contributed by atoms with Gasteiger partial charge in [0.05, 0.1) is 9.77 Å². The molecule has 3 nitrogen and oxygen atoms in total. The van der Waals surface area contributed by atoms with Gasteiger partial charge in [0.1, 0.15) is 0 Å². The van der Waals surface area contributed by atoms with Crippen LogP contribution in [0, 0.1) is 0 Å². The van der Waals surface area contributed by atoms with Gasteiger partial charge in [0, 0.05) is 0 Å². The van der Waals surface area contributed by atoms with Crippen molar-refractivity contribution in [2.24, 2.45) is 5.14 Å². The lowest BCUT2D eigenvalue weighted by Crippen LogP contribution is -2.11. The Morgan fingerprint density at radius 1 is 1.23 bits per heavy atom. The molecule has 0 aromatic carbocycles. The summed E-state index contributed by atoms with van der Waals surface area (Å²) in [7, 11) is -3.58. The van der Waals surface area contributed by atoms with Crippen LogP contribution >= 0.6 is 11.3 Å². The second-order valence-electron chi connectivity index (χ2n) is 2.64. The fourth-order valence-electron chi connectivity index (χ4n) is 1.19. The Morgan fingerprint density at radius 2 is 2.00 bits per heavy atom. The molecule has 13 heavy (non-hydrogen) atoms. The molecule has 1 heterocycles. The number of hydrogen-bond acceptors (Lipinski definition) is 3. The fourth-order valence-corrected chi connectivity index (χ4v) is 3.07. The average Bonchev–Trinajstić information content (AvgIpc) is 2.45. The van der Waals surface area contributed by atoms with Crippen LogP contribution in [0.3, 0.4) is 0 Å². The summed E-state index contributed by atoms with van der Waals surface area (Å²) in [6, 6.07) is 7.03. The van der Waals surface area contributed by atoms with E-state index in [1.54, 1.807) is 6.07 Å². The molecule has 5 heteroatoms. The Bertz CT molecular complexity index is 501. The first-order valence-corrected chi connectivity index (χ1v) is 6.00. The predicted molar refractivity (Wildman–Crippen MR) is 52.3 cm³/mol. The summed E-state index contributed by atoms with van der Waals surface area (Å²) in [4.78, 5) is 0.943. The summed E-state index contributed by atoms with van der Waals surface area (Å²) >= 11 is 1.38. The number of nitrogens with two attached hydrogens (primary N) is 1. The van der Waals surface area contributed by atoms with E-state index in [2.05, 4.69) is 0 Å². The third kappa shape index (κ3) is 1.46. The van der Waals surface area contributed by atoms with E-state index in [1.807, 2.05) is 17.5 Å². The molecule has 0 aromatic heterocycles. The second-order valence-corrected chi connectivity index (χ2v) is 5.09. The van der Waals surface area contributed by atoms with Gasteiger partial charge in [0.15, 0.2) is 0 Å². The molecule has 2 rings (SSSR count). The zero-order chi connectivity index (χ0) is 9.47. The van der Waals surface area contributed by atoms with Crippen molar-refractivity contribution in [2.75, 3.05) is 0 Å². The van der Waals surface area contributed by atoms with Gasteiger partial charge in [-0.25, -0.2) is 13.6 Å². The lowest BCUT2D eigenvalue weighted by atomic mass is 10.3. The highest BCUT2D eigenvalue weighted by Crippen LogP contribution is 2.33. The SMILES string of the molecule is NS(=O)(=O)c1ccc2cccsc1-2.